The molecule has 0 radical (unpaired) electrons. The van der Waals surface area contributed by atoms with Gasteiger partial charge in [-0.1, -0.05) is 12.1 Å². The first-order chi connectivity index (χ1) is 10.2. The van der Waals surface area contributed by atoms with E-state index in [0.29, 0.717) is 6.04 Å². The van der Waals surface area contributed by atoms with E-state index in [4.69, 9.17) is 5.73 Å². The van der Waals surface area contributed by atoms with Gasteiger partial charge >= 0.3 is 0 Å². The minimum atomic E-state index is -0.104. The maximum atomic E-state index is 13.8. The van der Waals surface area contributed by atoms with Gasteiger partial charge in [-0.25, -0.2) is 4.39 Å². The number of hydrogen-bond donors (Lipinski definition) is 1. The fraction of sp³-hybridized carbons (Fsp3) is 0.647. The van der Waals surface area contributed by atoms with E-state index in [1.807, 2.05) is 12.1 Å². The van der Waals surface area contributed by atoms with Crippen LogP contribution in [-0.4, -0.2) is 43.7 Å². The number of nitrogens with two attached hydrogens (primary N) is 1. The molecule has 4 heteroatoms. The fourth-order valence-corrected chi connectivity index (χ4v) is 3.62. The molecule has 2 aliphatic rings. The van der Waals surface area contributed by atoms with Crippen molar-refractivity contribution in [3.63, 3.8) is 0 Å². The molecule has 2 N–H and O–H groups in total. The molecule has 2 fully saturated rings. The highest BCUT2D eigenvalue weighted by Crippen LogP contribution is 2.25. The lowest BCUT2D eigenvalue weighted by molar-refractivity contribution is 0.186. The Bertz CT molecular complexity index is 449. The summed E-state index contributed by atoms with van der Waals surface area (Å²) in [5, 5.41) is 0. The quantitative estimate of drug-likeness (QED) is 0.928. The van der Waals surface area contributed by atoms with Crippen molar-refractivity contribution in [3.8, 4) is 0 Å². The molecule has 1 saturated heterocycles. The zero-order valence-corrected chi connectivity index (χ0v) is 12.7. The summed E-state index contributed by atoms with van der Waals surface area (Å²) in [4.78, 5) is 4.71. The second-order valence-electron chi connectivity index (χ2n) is 6.52. The van der Waals surface area contributed by atoms with Gasteiger partial charge in [0.15, 0.2) is 0 Å². The van der Waals surface area contributed by atoms with E-state index in [1.165, 1.54) is 32.2 Å². The Morgan fingerprint density at radius 1 is 1.00 bits per heavy atom. The van der Waals surface area contributed by atoms with Crippen LogP contribution >= 0.6 is 0 Å². The molecule has 0 aromatic heterocycles. The number of hydrogen-bond acceptors (Lipinski definition) is 3. The third-order valence-corrected chi connectivity index (χ3v) is 4.97. The molecule has 0 unspecified atom stereocenters. The van der Waals surface area contributed by atoms with E-state index in [1.54, 1.807) is 12.1 Å². The van der Waals surface area contributed by atoms with Crippen molar-refractivity contribution in [2.75, 3.05) is 37.6 Å². The minimum absolute atomic E-state index is 0.104. The van der Waals surface area contributed by atoms with Crippen LogP contribution in [0.5, 0.6) is 0 Å². The smallest absolute Gasteiger partial charge is 0.146 e. The van der Waals surface area contributed by atoms with Crippen molar-refractivity contribution >= 4 is 5.69 Å². The van der Waals surface area contributed by atoms with Crippen LogP contribution in [0.4, 0.5) is 10.1 Å². The van der Waals surface area contributed by atoms with Gasteiger partial charge in [-0.15, -0.1) is 0 Å². The van der Waals surface area contributed by atoms with Gasteiger partial charge in [-0.2, -0.15) is 0 Å². The monoisotopic (exact) mass is 291 g/mol. The Labute approximate surface area is 126 Å². The summed E-state index contributed by atoms with van der Waals surface area (Å²) < 4.78 is 13.8. The Morgan fingerprint density at radius 2 is 1.67 bits per heavy atom. The number of para-hydroxylation sites is 1. The summed E-state index contributed by atoms with van der Waals surface area (Å²) in [6, 6.07) is 7.53. The molecule has 3 rings (SSSR count). The molecule has 0 amide bonds. The Balaban J connectivity index is 1.48. The Hall–Kier alpha value is -1.13. The van der Waals surface area contributed by atoms with Crippen LogP contribution in [0.25, 0.3) is 0 Å². The van der Waals surface area contributed by atoms with E-state index < -0.39 is 0 Å². The zero-order chi connectivity index (χ0) is 14.7. The summed E-state index contributed by atoms with van der Waals surface area (Å²) in [7, 11) is 0. The molecule has 1 saturated carbocycles. The summed E-state index contributed by atoms with van der Waals surface area (Å²) in [5.41, 5.74) is 6.72. The molecule has 0 bridgehead atoms. The van der Waals surface area contributed by atoms with Crippen LogP contribution in [0.1, 0.15) is 25.7 Å². The average Bonchev–Trinajstić information content (AvgIpc) is 2.51. The van der Waals surface area contributed by atoms with Gasteiger partial charge in [0.25, 0.3) is 0 Å². The lowest BCUT2D eigenvalue weighted by atomic mass is 9.86. The molecule has 3 nitrogen and oxygen atoms in total. The maximum Gasteiger partial charge on any atom is 0.146 e. The predicted octanol–water partition coefficient (Wildman–Crippen LogP) is 2.47. The molecule has 0 atom stereocenters. The van der Waals surface area contributed by atoms with Gasteiger partial charge < -0.3 is 10.6 Å². The van der Waals surface area contributed by atoms with Crippen LogP contribution < -0.4 is 10.6 Å². The molecule has 21 heavy (non-hydrogen) atoms. The summed E-state index contributed by atoms with van der Waals surface area (Å²) >= 11 is 0. The lowest BCUT2D eigenvalue weighted by Gasteiger charge is -2.38. The van der Waals surface area contributed by atoms with Crippen molar-refractivity contribution in [1.29, 1.82) is 0 Å². The number of halogens is 1. The molecule has 1 aromatic rings. The van der Waals surface area contributed by atoms with E-state index in [-0.39, 0.29) is 5.82 Å². The predicted molar refractivity (Wildman–Crippen MR) is 85.0 cm³/mol. The van der Waals surface area contributed by atoms with Crippen LogP contribution in [0.2, 0.25) is 0 Å². The highest BCUT2D eigenvalue weighted by molar-refractivity contribution is 5.47. The van der Waals surface area contributed by atoms with Gasteiger partial charge in [-0.05, 0) is 43.7 Å². The molecule has 1 heterocycles. The molecule has 1 aliphatic heterocycles. The second-order valence-corrected chi connectivity index (χ2v) is 6.52. The number of benzene rings is 1. The first-order valence-corrected chi connectivity index (χ1v) is 8.20. The van der Waals surface area contributed by atoms with Crippen LogP contribution in [-0.2, 0) is 0 Å². The second kappa shape index (κ2) is 6.75. The average molecular weight is 291 g/mol. The molecule has 0 spiro atoms. The third kappa shape index (κ3) is 3.74. The number of piperazine rings is 1. The first kappa shape index (κ1) is 14.8. The van der Waals surface area contributed by atoms with Gasteiger partial charge in [0.2, 0.25) is 0 Å². The number of rotatable bonds is 3. The number of nitrogens with zero attached hydrogens (tertiary/aromatic N) is 2. The Morgan fingerprint density at radius 3 is 2.33 bits per heavy atom. The maximum absolute atomic E-state index is 13.8. The largest absolute Gasteiger partial charge is 0.367 e. The van der Waals surface area contributed by atoms with Gasteiger partial charge in [0, 0.05) is 38.8 Å². The van der Waals surface area contributed by atoms with Gasteiger partial charge in [0.05, 0.1) is 5.69 Å². The van der Waals surface area contributed by atoms with Crippen molar-refractivity contribution in [2.24, 2.45) is 11.7 Å². The topological polar surface area (TPSA) is 32.5 Å². The van der Waals surface area contributed by atoms with Gasteiger partial charge in [0.1, 0.15) is 5.82 Å². The number of anilines is 1. The van der Waals surface area contributed by atoms with Crippen molar-refractivity contribution in [1.82, 2.24) is 4.90 Å². The van der Waals surface area contributed by atoms with Crippen LogP contribution in [0.3, 0.4) is 0 Å². The van der Waals surface area contributed by atoms with Crippen molar-refractivity contribution < 1.29 is 4.39 Å². The summed E-state index contributed by atoms with van der Waals surface area (Å²) in [6.45, 7) is 5.12. The minimum Gasteiger partial charge on any atom is -0.367 e. The SMILES string of the molecule is NC1CCC(CN2CCN(c3ccccc3F)CC2)CC1. The van der Waals surface area contributed by atoms with E-state index in [0.717, 1.165) is 37.8 Å². The van der Waals surface area contributed by atoms with Crippen molar-refractivity contribution in [3.05, 3.63) is 30.1 Å². The summed E-state index contributed by atoms with van der Waals surface area (Å²) in [5.74, 6) is 0.706. The molecule has 1 aromatic carbocycles. The molecular formula is C17H26FN3. The highest BCUT2D eigenvalue weighted by atomic mass is 19.1. The highest BCUT2D eigenvalue weighted by Gasteiger charge is 2.24. The van der Waals surface area contributed by atoms with E-state index >= 15 is 0 Å². The lowest BCUT2D eigenvalue weighted by Crippen LogP contribution is -2.48. The standard InChI is InChI=1S/C17H26FN3/c18-16-3-1-2-4-17(16)21-11-9-20(10-12-21)13-14-5-7-15(19)8-6-14/h1-4,14-15H,5-13,19H2. The van der Waals surface area contributed by atoms with Crippen LogP contribution in [0, 0.1) is 11.7 Å². The van der Waals surface area contributed by atoms with Crippen molar-refractivity contribution in [2.45, 2.75) is 31.7 Å². The first-order valence-electron chi connectivity index (χ1n) is 8.20. The Kier molecular flexibility index (Phi) is 4.76. The van der Waals surface area contributed by atoms with Crippen LogP contribution in [0.15, 0.2) is 24.3 Å². The summed E-state index contributed by atoms with van der Waals surface area (Å²) in [6.07, 6.45) is 4.91. The zero-order valence-electron chi connectivity index (χ0n) is 12.7. The normalized spacial score (nSPS) is 27.8. The third-order valence-electron chi connectivity index (χ3n) is 4.97. The fourth-order valence-electron chi connectivity index (χ4n) is 3.62. The molecule has 1 aliphatic carbocycles. The molecule has 116 valence electrons. The molecular weight excluding hydrogens is 265 g/mol. The van der Waals surface area contributed by atoms with E-state index in [9.17, 15) is 4.39 Å². The van der Waals surface area contributed by atoms with E-state index in [2.05, 4.69) is 9.80 Å². The van der Waals surface area contributed by atoms with Gasteiger partial charge in [-0.3, -0.25) is 4.90 Å².